The van der Waals surface area contributed by atoms with E-state index in [0.717, 1.165) is 19.1 Å². The van der Waals surface area contributed by atoms with Gasteiger partial charge in [-0.05, 0) is 25.5 Å². The van der Waals surface area contributed by atoms with Crippen molar-refractivity contribution in [3.05, 3.63) is 33.4 Å². The lowest BCUT2D eigenvalue weighted by Crippen LogP contribution is -2.07. The normalized spacial score (nSPS) is 10.4. The lowest BCUT2D eigenvalue weighted by molar-refractivity contribution is -0.385. The van der Waals surface area contributed by atoms with Crippen LogP contribution >= 0.6 is 0 Å². The van der Waals surface area contributed by atoms with Crippen molar-refractivity contribution in [2.24, 2.45) is 0 Å². The Labute approximate surface area is 95.2 Å². The number of benzene rings is 1. The third kappa shape index (κ3) is 2.96. The Morgan fingerprint density at radius 3 is 2.47 bits per heavy atom. The van der Waals surface area contributed by atoms with Crippen LogP contribution in [0.1, 0.15) is 22.8 Å². The summed E-state index contributed by atoms with van der Waals surface area (Å²) in [5.74, 6) is -0.827. The Balaban J connectivity index is 3.34. The molecular formula is C10H9F2NO4. The summed E-state index contributed by atoms with van der Waals surface area (Å²) in [5, 5.41) is 10.7. The maximum absolute atomic E-state index is 12.1. The molecule has 0 heterocycles. The molecule has 0 unspecified atom stereocenters. The van der Waals surface area contributed by atoms with E-state index in [4.69, 9.17) is 0 Å². The number of alkyl halides is 2. The zero-order valence-electron chi connectivity index (χ0n) is 9.07. The number of hydrogen-bond acceptors (Lipinski definition) is 4. The summed E-state index contributed by atoms with van der Waals surface area (Å²) < 4.78 is 28.3. The van der Waals surface area contributed by atoms with Crippen LogP contribution in [0.15, 0.2) is 12.1 Å². The van der Waals surface area contributed by atoms with Crippen LogP contribution < -0.4 is 4.74 Å². The number of ether oxygens (including phenoxy) is 1. The van der Waals surface area contributed by atoms with Crippen molar-refractivity contribution < 1.29 is 23.2 Å². The number of halogens is 2. The fraction of sp³-hybridized carbons (Fsp3) is 0.300. The minimum atomic E-state index is -3.05. The van der Waals surface area contributed by atoms with E-state index in [1.807, 2.05) is 0 Å². The van der Waals surface area contributed by atoms with Crippen LogP contribution in [0.3, 0.4) is 0 Å². The van der Waals surface area contributed by atoms with Crippen molar-refractivity contribution >= 4 is 11.5 Å². The Kier molecular flexibility index (Phi) is 3.72. The predicted octanol–water partition coefficient (Wildman–Crippen LogP) is 2.71. The van der Waals surface area contributed by atoms with E-state index in [1.165, 1.54) is 6.92 Å². The van der Waals surface area contributed by atoms with Crippen LogP contribution in [-0.2, 0) is 0 Å². The quantitative estimate of drug-likeness (QED) is 0.464. The van der Waals surface area contributed by atoms with Gasteiger partial charge in [0, 0.05) is 6.07 Å². The first-order valence-electron chi connectivity index (χ1n) is 4.57. The maximum atomic E-state index is 12.1. The van der Waals surface area contributed by atoms with Crippen LogP contribution in [0.5, 0.6) is 5.75 Å². The van der Waals surface area contributed by atoms with Gasteiger partial charge in [0.1, 0.15) is 5.75 Å². The second-order valence-electron chi connectivity index (χ2n) is 3.33. The number of carbonyl (C=O) groups excluding carboxylic acids is 1. The second-order valence-corrected chi connectivity index (χ2v) is 3.33. The molecule has 0 saturated heterocycles. The van der Waals surface area contributed by atoms with E-state index in [0.29, 0.717) is 0 Å². The fourth-order valence-corrected chi connectivity index (χ4v) is 1.33. The molecule has 0 atom stereocenters. The van der Waals surface area contributed by atoms with Gasteiger partial charge in [-0.1, -0.05) is 0 Å². The highest BCUT2D eigenvalue weighted by molar-refractivity contribution is 5.98. The summed E-state index contributed by atoms with van der Waals surface area (Å²) in [5.41, 5.74) is -0.505. The van der Waals surface area contributed by atoms with Gasteiger partial charge in [-0.15, -0.1) is 0 Å². The summed E-state index contributed by atoms with van der Waals surface area (Å²) in [6.07, 6.45) is 0. The molecule has 0 aliphatic rings. The van der Waals surface area contributed by atoms with Gasteiger partial charge in [-0.2, -0.15) is 8.78 Å². The fourth-order valence-electron chi connectivity index (χ4n) is 1.33. The number of carbonyl (C=O) groups is 1. The van der Waals surface area contributed by atoms with Gasteiger partial charge in [0.25, 0.3) is 5.69 Å². The minimum Gasteiger partial charge on any atom is -0.435 e. The minimum absolute atomic E-state index is 0.169. The molecule has 0 amide bonds. The number of ketones is 1. The molecule has 17 heavy (non-hydrogen) atoms. The van der Waals surface area contributed by atoms with Crippen molar-refractivity contribution in [3.63, 3.8) is 0 Å². The summed E-state index contributed by atoms with van der Waals surface area (Å²) in [7, 11) is 0. The van der Waals surface area contributed by atoms with Crippen molar-refractivity contribution in [1.82, 2.24) is 0 Å². The Morgan fingerprint density at radius 2 is 2.06 bits per heavy atom. The number of Topliss-reactive ketones (excluding diaryl/α,β-unsaturated/α-hetero) is 1. The molecule has 1 aromatic rings. The highest BCUT2D eigenvalue weighted by atomic mass is 19.3. The SMILES string of the molecule is CC(=O)c1cc(OC(F)F)c(C)cc1[N+](=O)[O-]. The number of aryl methyl sites for hydroxylation is 1. The van der Waals surface area contributed by atoms with E-state index in [2.05, 4.69) is 4.74 Å². The van der Waals surface area contributed by atoms with Crippen molar-refractivity contribution in [2.45, 2.75) is 20.5 Å². The molecule has 0 N–H and O–H groups in total. The molecule has 5 nitrogen and oxygen atoms in total. The zero-order chi connectivity index (χ0) is 13.2. The van der Waals surface area contributed by atoms with Gasteiger partial charge in [0.2, 0.25) is 0 Å². The van der Waals surface area contributed by atoms with E-state index < -0.39 is 23.0 Å². The molecular weight excluding hydrogens is 236 g/mol. The van der Waals surface area contributed by atoms with Crippen molar-refractivity contribution in [1.29, 1.82) is 0 Å². The summed E-state index contributed by atoms with van der Waals surface area (Å²) in [6, 6.07) is 2.00. The number of hydrogen-bond donors (Lipinski definition) is 0. The molecule has 0 radical (unpaired) electrons. The van der Waals surface area contributed by atoms with Gasteiger partial charge >= 0.3 is 6.61 Å². The average Bonchev–Trinajstić information content (AvgIpc) is 2.19. The average molecular weight is 245 g/mol. The molecule has 0 aliphatic carbocycles. The van der Waals surface area contributed by atoms with Gasteiger partial charge in [-0.3, -0.25) is 14.9 Å². The first-order valence-corrected chi connectivity index (χ1v) is 4.57. The summed E-state index contributed by atoms with van der Waals surface area (Å²) in [6.45, 7) is -0.548. The lowest BCUT2D eigenvalue weighted by atomic mass is 10.1. The Morgan fingerprint density at radius 1 is 1.47 bits per heavy atom. The largest absolute Gasteiger partial charge is 0.435 e. The van der Waals surface area contributed by atoms with E-state index in [1.54, 1.807) is 0 Å². The molecule has 0 aromatic heterocycles. The van der Waals surface area contributed by atoms with Crippen LogP contribution in [0.2, 0.25) is 0 Å². The first-order chi connectivity index (χ1) is 7.82. The molecule has 0 spiro atoms. The van der Waals surface area contributed by atoms with Gasteiger partial charge in [-0.25, -0.2) is 0 Å². The second kappa shape index (κ2) is 4.86. The van der Waals surface area contributed by atoms with E-state index in [9.17, 15) is 23.7 Å². The lowest BCUT2D eigenvalue weighted by Gasteiger charge is -2.09. The number of nitro benzene ring substituents is 1. The van der Waals surface area contributed by atoms with Crippen LogP contribution in [0.4, 0.5) is 14.5 Å². The third-order valence-electron chi connectivity index (χ3n) is 2.09. The standard InChI is InChI=1S/C10H9F2NO4/c1-5-3-8(13(15)16)7(6(2)14)4-9(5)17-10(11)12/h3-4,10H,1-2H3. The Hall–Kier alpha value is -2.05. The third-order valence-corrected chi connectivity index (χ3v) is 2.09. The van der Waals surface area contributed by atoms with Gasteiger partial charge < -0.3 is 4.74 Å². The molecule has 1 aromatic carbocycles. The van der Waals surface area contributed by atoms with Gasteiger partial charge in [0.15, 0.2) is 5.78 Å². The topological polar surface area (TPSA) is 69.4 Å². The molecule has 7 heteroatoms. The molecule has 0 fully saturated rings. The highest BCUT2D eigenvalue weighted by Gasteiger charge is 2.21. The Bertz CT molecular complexity index is 474. The smallest absolute Gasteiger partial charge is 0.387 e. The molecule has 92 valence electrons. The van der Waals surface area contributed by atoms with Crippen molar-refractivity contribution in [2.75, 3.05) is 0 Å². The maximum Gasteiger partial charge on any atom is 0.387 e. The molecule has 1 rings (SSSR count). The van der Waals surface area contributed by atoms with E-state index in [-0.39, 0.29) is 16.9 Å². The highest BCUT2D eigenvalue weighted by Crippen LogP contribution is 2.29. The monoisotopic (exact) mass is 245 g/mol. The molecule has 0 aliphatic heterocycles. The first kappa shape index (κ1) is 13.0. The van der Waals surface area contributed by atoms with Gasteiger partial charge in [0.05, 0.1) is 10.5 Å². The molecule has 0 bridgehead atoms. The summed E-state index contributed by atoms with van der Waals surface area (Å²) >= 11 is 0. The van der Waals surface area contributed by atoms with Crippen LogP contribution in [0, 0.1) is 17.0 Å². The number of nitrogens with zero attached hydrogens (tertiary/aromatic N) is 1. The number of nitro groups is 1. The van der Waals surface area contributed by atoms with Crippen LogP contribution in [0.25, 0.3) is 0 Å². The van der Waals surface area contributed by atoms with Crippen LogP contribution in [-0.4, -0.2) is 17.3 Å². The summed E-state index contributed by atoms with van der Waals surface area (Å²) in [4.78, 5) is 21.1. The molecule has 0 saturated carbocycles. The van der Waals surface area contributed by atoms with Crippen molar-refractivity contribution in [3.8, 4) is 5.75 Å². The van der Waals surface area contributed by atoms with E-state index >= 15 is 0 Å². The number of rotatable bonds is 4. The zero-order valence-corrected chi connectivity index (χ0v) is 9.07. The predicted molar refractivity (Wildman–Crippen MR) is 54.5 cm³/mol.